The van der Waals surface area contributed by atoms with E-state index >= 15 is 0 Å². The molecule has 3 aromatic rings. The summed E-state index contributed by atoms with van der Waals surface area (Å²) in [6.45, 7) is -0.843. The number of hydrogen-bond donors (Lipinski definition) is 1. The fraction of sp³-hybridized carbons (Fsp3) is 0.250. The maximum Gasteiger partial charge on any atom is 0.387 e. The van der Waals surface area contributed by atoms with E-state index in [-0.39, 0.29) is 34.3 Å². The molecule has 2 aromatic carbocycles. The van der Waals surface area contributed by atoms with Gasteiger partial charge < -0.3 is 19.2 Å². The summed E-state index contributed by atoms with van der Waals surface area (Å²) >= 11 is 1.15. The molecule has 2 heterocycles. The van der Waals surface area contributed by atoms with Gasteiger partial charge in [0.1, 0.15) is 0 Å². The number of hydrazone groups is 1. The normalized spacial score (nSPS) is 15.6. The number of anilines is 1. The van der Waals surface area contributed by atoms with E-state index in [0.717, 1.165) is 17.3 Å². The van der Waals surface area contributed by atoms with Crippen molar-refractivity contribution in [3.05, 3.63) is 71.9 Å². The van der Waals surface area contributed by atoms with Crippen LogP contribution in [0.2, 0.25) is 0 Å². The van der Waals surface area contributed by atoms with Gasteiger partial charge in [-0.2, -0.15) is 13.9 Å². The Hall–Kier alpha value is -3.93. The maximum atomic E-state index is 12.8. The van der Waals surface area contributed by atoms with Crippen molar-refractivity contribution in [2.45, 2.75) is 31.8 Å². The fourth-order valence-electron chi connectivity index (χ4n) is 3.50. The summed E-state index contributed by atoms with van der Waals surface area (Å²) in [5.74, 6) is -0.283. The van der Waals surface area contributed by atoms with Crippen LogP contribution in [0.25, 0.3) is 0 Å². The Morgan fingerprint density at radius 2 is 2.00 bits per heavy atom. The molecule has 2 amide bonds. The molecular weight excluding hydrogens is 494 g/mol. The summed E-state index contributed by atoms with van der Waals surface area (Å²) < 4.78 is 40.1. The lowest BCUT2D eigenvalue weighted by Crippen LogP contribution is -2.34. The zero-order valence-electron chi connectivity index (χ0n) is 19.3. The molecule has 4 rings (SSSR count). The lowest BCUT2D eigenvalue weighted by atomic mass is 10.0. The Bertz CT molecular complexity index is 1250. The topological polar surface area (TPSA) is 106 Å². The molecule has 12 heteroatoms. The van der Waals surface area contributed by atoms with Crippen molar-refractivity contribution in [2.24, 2.45) is 5.10 Å². The number of thioether (sulfide) groups is 1. The SMILES string of the molecule is CCC1SC(=O)N(Cc2ccc(NC(=O)c3cnco3)cc2)N=C1c1ccc(OC(F)F)c(OC)c1. The molecule has 0 fully saturated rings. The number of halogens is 2. The lowest BCUT2D eigenvalue weighted by Gasteiger charge is -2.28. The third-order valence-electron chi connectivity index (χ3n) is 5.23. The predicted molar refractivity (Wildman–Crippen MR) is 130 cm³/mol. The summed E-state index contributed by atoms with van der Waals surface area (Å²) in [5.41, 5.74) is 2.60. The number of alkyl halides is 2. The van der Waals surface area contributed by atoms with Gasteiger partial charge in [0.25, 0.3) is 5.91 Å². The average Bonchev–Trinajstić information content (AvgIpc) is 3.41. The molecule has 1 aromatic heterocycles. The molecule has 0 spiro atoms. The first-order valence-corrected chi connectivity index (χ1v) is 11.7. The first kappa shape index (κ1) is 25.2. The number of rotatable bonds is 9. The quantitative estimate of drug-likeness (QED) is 0.407. The third-order valence-corrected chi connectivity index (χ3v) is 6.49. The number of nitrogens with zero attached hydrogens (tertiary/aromatic N) is 3. The zero-order chi connectivity index (χ0) is 25.7. The van der Waals surface area contributed by atoms with Crippen molar-refractivity contribution in [2.75, 3.05) is 12.4 Å². The number of carbonyl (C=O) groups is 2. The Morgan fingerprint density at radius 1 is 1.22 bits per heavy atom. The minimum Gasteiger partial charge on any atom is -0.493 e. The molecular formula is C24H22F2N4O5S. The van der Waals surface area contributed by atoms with E-state index < -0.39 is 12.5 Å². The molecule has 1 atom stereocenters. The Balaban J connectivity index is 1.53. The molecule has 1 aliphatic rings. The minimum absolute atomic E-state index is 0.0863. The minimum atomic E-state index is -2.98. The van der Waals surface area contributed by atoms with Crippen molar-refractivity contribution < 1.29 is 32.3 Å². The number of ether oxygens (including phenoxy) is 2. The van der Waals surface area contributed by atoms with Crippen molar-refractivity contribution in [1.29, 1.82) is 0 Å². The second-order valence-corrected chi connectivity index (χ2v) is 8.74. The second kappa shape index (κ2) is 11.2. The van der Waals surface area contributed by atoms with Gasteiger partial charge in [-0.1, -0.05) is 30.8 Å². The molecule has 36 heavy (non-hydrogen) atoms. The summed E-state index contributed by atoms with van der Waals surface area (Å²) in [6.07, 6.45) is 3.13. The van der Waals surface area contributed by atoms with Crippen LogP contribution in [0.3, 0.4) is 0 Å². The van der Waals surface area contributed by atoms with E-state index in [9.17, 15) is 18.4 Å². The van der Waals surface area contributed by atoms with Crippen molar-refractivity contribution in [3.63, 3.8) is 0 Å². The number of oxazole rings is 1. The van der Waals surface area contributed by atoms with Gasteiger partial charge in [0.05, 0.1) is 30.8 Å². The predicted octanol–water partition coefficient (Wildman–Crippen LogP) is 5.39. The number of nitrogens with one attached hydrogen (secondary N) is 1. The van der Waals surface area contributed by atoms with Crippen molar-refractivity contribution in [1.82, 2.24) is 9.99 Å². The van der Waals surface area contributed by atoms with Gasteiger partial charge in [0, 0.05) is 11.3 Å². The molecule has 0 saturated carbocycles. The summed E-state index contributed by atoms with van der Waals surface area (Å²) in [4.78, 5) is 28.6. The van der Waals surface area contributed by atoms with Crippen LogP contribution in [0.4, 0.5) is 19.3 Å². The van der Waals surface area contributed by atoms with Gasteiger partial charge in [0.2, 0.25) is 5.76 Å². The van der Waals surface area contributed by atoms with Crippen LogP contribution in [0, 0.1) is 0 Å². The Kier molecular flexibility index (Phi) is 7.84. The molecule has 188 valence electrons. The first-order chi connectivity index (χ1) is 17.4. The second-order valence-electron chi connectivity index (χ2n) is 7.58. The van der Waals surface area contributed by atoms with E-state index in [1.807, 2.05) is 6.92 Å². The van der Waals surface area contributed by atoms with Crippen LogP contribution < -0.4 is 14.8 Å². The first-order valence-electron chi connectivity index (χ1n) is 10.9. The Labute approximate surface area is 209 Å². The van der Waals surface area contributed by atoms with Crippen LogP contribution in [0.15, 0.2) is 64.6 Å². The van der Waals surface area contributed by atoms with Gasteiger partial charge in [0.15, 0.2) is 17.9 Å². The van der Waals surface area contributed by atoms with Crippen LogP contribution >= 0.6 is 11.8 Å². The van der Waals surface area contributed by atoms with Crippen LogP contribution in [0.5, 0.6) is 11.5 Å². The van der Waals surface area contributed by atoms with Crippen molar-refractivity contribution >= 4 is 34.3 Å². The number of benzene rings is 2. The summed E-state index contributed by atoms with van der Waals surface area (Å²) in [5, 5.41) is 8.22. The molecule has 9 nitrogen and oxygen atoms in total. The Morgan fingerprint density at radius 3 is 2.64 bits per heavy atom. The highest BCUT2D eigenvalue weighted by Crippen LogP contribution is 2.34. The summed E-state index contributed by atoms with van der Waals surface area (Å²) in [6, 6.07) is 11.5. The van der Waals surface area contributed by atoms with Crippen LogP contribution in [-0.4, -0.2) is 45.8 Å². The van der Waals surface area contributed by atoms with Gasteiger partial charge in [-0.25, -0.2) is 9.99 Å². The van der Waals surface area contributed by atoms with E-state index in [2.05, 4.69) is 20.1 Å². The number of methoxy groups -OCH3 is 1. The molecule has 1 N–H and O–H groups in total. The van der Waals surface area contributed by atoms with E-state index in [1.54, 1.807) is 36.4 Å². The highest BCUT2D eigenvalue weighted by molar-refractivity contribution is 8.14. The van der Waals surface area contributed by atoms with E-state index in [1.165, 1.54) is 30.8 Å². The van der Waals surface area contributed by atoms with Gasteiger partial charge in [-0.15, -0.1) is 0 Å². The van der Waals surface area contributed by atoms with Crippen molar-refractivity contribution in [3.8, 4) is 11.5 Å². The number of hydrogen-bond acceptors (Lipinski definition) is 8. The van der Waals surface area contributed by atoms with E-state index in [4.69, 9.17) is 9.15 Å². The highest BCUT2D eigenvalue weighted by Gasteiger charge is 2.30. The third kappa shape index (κ3) is 5.82. The monoisotopic (exact) mass is 516 g/mol. The van der Waals surface area contributed by atoms with Gasteiger partial charge in [-0.05, 0) is 42.3 Å². The molecule has 0 aliphatic carbocycles. The fourth-order valence-corrected chi connectivity index (χ4v) is 4.43. The van der Waals surface area contributed by atoms with Gasteiger partial charge >= 0.3 is 11.9 Å². The highest BCUT2D eigenvalue weighted by atomic mass is 32.2. The molecule has 0 saturated heterocycles. The zero-order valence-corrected chi connectivity index (χ0v) is 20.1. The number of aromatic nitrogens is 1. The largest absolute Gasteiger partial charge is 0.493 e. The standard InChI is InChI=1S/C24H22F2N4O5S/c1-3-20-21(15-6-9-17(35-23(25)26)18(10-15)33-2)29-30(24(32)36-20)12-14-4-7-16(8-5-14)28-22(31)19-11-27-13-34-19/h4-11,13,20,23H,3,12H2,1-2H3,(H,28,31). The average molecular weight is 517 g/mol. The summed E-state index contributed by atoms with van der Waals surface area (Å²) in [7, 11) is 1.36. The van der Waals surface area contributed by atoms with Gasteiger partial charge in [-0.3, -0.25) is 9.59 Å². The molecule has 1 unspecified atom stereocenters. The van der Waals surface area contributed by atoms with Crippen LogP contribution in [0.1, 0.15) is 35.0 Å². The number of amides is 2. The molecule has 0 radical (unpaired) electrons. The van der Waals surface area contributed by atoms with E-state index in [0.29, 0.717) is 23.4 Å². The maximum absolute atomic E-state index is 12.8. The lowest BCUT2D eigenvalue weighted by molar-refractivity contribution is -0.0512. The number of carbonyl (C=O) groups excluding carboxylic acids is 2. The smallest absolute Gasteiger partial charge is 0.387 e. The molecule has 1 aliphatic heterocycles. The molecule has 0 bridgehead atoms. The van der Waals surface area contributed by atoms with Crippen LogP contribution in [-0.2, 0) is 6.54 Å².